The molecule has 0 fully saturated rings. The van der Waals surface area contributed by atoms with E-state index in [0.29, 0.717) is 22.7 Å². The normalized spacial score (nSPS) is 13.9. The van der Waals surface area contributed by atoms with Crippen LogP contribution in [-0.4, -0.2) is 21.0 Å². The van der Waals surface area contributed by atoms with Gasteiger partial charge in [-0.1, -0.05) is 17.7 Å². The van der Waals surface area contributed by atoms with Crippen molar-refractivity contribution >= 4 is 28.6 Å². The monoisotopic (exact) mass is 384 g/mol. The molecule has 6 nitrogen and oxygen atoms in total. The second kappa shape index (κ2) is 7.44. The lowest BCUT2D eigenvalue weighted by atomic mass is 9.96. The van der Waals surface area contributed by atoms with Crippen LogP contribution in [-0.2, 0) is 6.42 Å². The van der Waals surface area contributed by atoms with Crippen LogP contribution in [0.5, 0.6) is 0 Å². The minimum absolute atomic E-state index is 0.0943. The molecule has 0 radical (unpaired) electrons. The van der Waals surface area contributed by atoms with Gasteiger partial charge in [0.1, 0.15) is 4.88 Å². The fraction of sp³-hybridized carbons (Fsp3) is 0.300. The highest BCUT2D eigenvalue weighted by molar-refractivity contribution is 7.13. The number of rotatable bonds is 5. The van der Waals surface area contributed by atoms with E-state index in [-0.39, 0.29) is 15.5 Å². The highest BCUT2D eigenvalue weighted by atomic mass is 32.1. The lowest BCUT2D eigenvalue weighted by Crippen LogP contribution is -2.00. The van der Waals surface area contributed by atoms with Gasteiger partial charge in [0, 0.05) is 18.1 Å². The summed E-state index contributed by atoms with van der Waals surface area (Å²) in [6.07, 6.45) is 6.09. The molecule has 0 unspecified atom stereocenters. The molecule has 1 aromatic carbocycles. The van der Waals surface area contributed by atoms with Crippen LogP contribution >= 0.6 is 11.3 Å². The third-order valence-corrected chi connectivity index (χ3v) is 5.76. The number of hydrogen-bond acceptors (Lipinski definition) is 5. The van der Waals surface area contributed by atoms with E-state index in [9.17, 15) is 20.0 Å². The molecule has 0 saturated carbocycles. The van der Waals surface area contributed by atoms with Gasteiger partial charge >= 0.3 is 5.97 Å². The minimum Gasteiger partial charge on any atom is -0.477 e. The van der Waals surface area contributed by atoms with E-state index in [1.807, 2.05) is 19.1 Å². The number of hydrogen-bond donors (Lipinski definition) is 1. The molecule has 0 spiro atoms. The maximum atomic E-state index is 11.7. The van der Waals surface area contributed by atoms with Crippen LogP contribution < -0.4 is 0 Å². The molecule has 2 aromatic rings. The van der Waals surface area contributed by atoms with Gasteiger partial charge in [-0.2, -0.15) is 0 Å². The topological polar surface area (TPSA) is 93.3 Å². The molecule has 140 valence electrons. The molecule has 1 aliphatic carbocycles. The van der Waals surface area contributed by atoms with Crippen LogP contribution in [0.3, 0.4) is 0 Å². The molecule has 3 rings (SSSR count). The number of thiazole rings is 1. The first kappa shape index (κ1) is 19.0. The van der Waals surface area contributed by atoms with Crippen molar-refractivity contribution < 1.29 is 14.8 Å². The van der Waals surface area contributed by atoms with Gasteiger partial charge in [0.2, 0.25) is 0 Å². The SMILES string of the molecule is CC1=CC=C(c2nc(Cc3cc(C)c([N+](=O)[O-])cc3C)sc2C(=O)O)CC1. The summed E-state index contributed by atoms with van der Waals surface area (Å²) in [6.45, 7) is 5.59. The van der Waals surface area contributed by atoms with E-state index in [4.69, 9.17) is 0 Å². The molecule has 1 N–H and O–H groups in total. The number of aryl methyl sites for hydroxylation is 2. The van der Waals surface area contributed by atoms with Gasteiger partial charge in [-0.25, -0.2) is 9.78 Å². The number of carboxylic acids is 1. The van der Waals surface area contributed by atoms with Crippen LogP contribution in [0, 0.1) is 24.0 Å². The number of aromatic carboxylic acids is 1. The van der Waals surface area contributed by atoms with Crippen molar-refractivity contribution in [3.8, 4) is 0 Å². The first-order valence-corrected chi connectivity index (χ1v) is 9.42. The Balaban J connectivity index is 1.97. The fourth-order valence-corrected chi connectivity index (χ4v) is 4.11. The Morgan fingerprint density at radius 3 is 2.56 bits per heavy atom. The van der Waals surface area contributed by atoms with Gasteiger partial charge in [0.15, 0.2) is 0 Å². The molecular weight excluding hydrogens is 364 g/mol. The predicted octanol–water partition coefficient (Wildman–Crippen LogP) is 5.08. The Morgan fingerprint density at radius 2 is 1.96 bits per heavy atom. The van der Waals surface area contributed by atoms with Crippen molar-refractivity contribution in [3.05, 3.63) is 72.2 Å². The van der Waals surface area contributed by atoms with Gasteiger partial charge < -0.3 is 5.11 Å². The number of carboxylic acid groups (broad SMARTS) is 1. The first-order valence-electron chi connectivity index (χ1n) is 8.60. The molecular formula is C20H20N2O4S. The van der Waals surface area contributed by atoms with Gasteiger partial charge in [0.25, 0.3) is 5.69 Å². The summed E-state index contributed by atoms with van der Waals surface area (Å²) in [7, 11) is 0. The number of benzene rings is 1. The number of aromatic nitrogens is 1. The fourth-order valence-electron chi connectivity index (χ4n) is 3.15. The van der Waals surface area contributed by atoms with Crippen LogP contribution in [0.4, 0.5) is 5.69 Å². The van der Waals surface area contributed by atoms with Crippen molar-refractivity contribution in [1.29, 1.82) is 0 Å². The summed E-state index contributed by atoms with van der Waals surface area (Å²) >= 11 is 1.18. The summed E-state index contributed by atoms with van der Waals surface area (Å²) in [6, 6.07) is 3.36. The lowest BCUT2D eigenvalue weighted by Gasteiger charge is -2.10. The van der Waals surface area contributed by atoms with Gasteiger partial charge in [-0.05, 0) is 56.4 Å². The average molecular weight is 384 g/mol. The molecule has 27 heavy (non-hydrogen) atoms. The Bertz CT molecular complexity index is 1000. The molecule has 1 aliphatic rings. The highest BCUT2D eigenvalue weighted by Crippen LogP contribution is 2.33. The van der Waals surface area contributed by atoms with Crippen molar-refractivity contribution in [2.45, 2.75) is 40.0 Å². The number of allylic oxidation sites excluding steroid dienone is 4. The van der Waals surface area contributed by atoms with Crippen molar-refractivity contribution in [1.82, 2.24) is 4.98 Å². The number of nitro benzene ring substituents is 1. The summed E-state index contributed by atoms with van der Waals surface area (Å²) in [5.41, 5.74) is 5.16. The van der Waals surface area contributed by atoms with E-state index >= 15 is 0 Å². The van der Waals surface area contributed by atoms with E-state index in [1.165, 1.54) is 16.9 Å². The van der Waals surface area contributed by atoms with Crippen molar-refractivity contribution in [2.75, 3.05) is 0 Å². The van der Waals surface area contributed by atoms with Crippen molar-refractivity contribution in [3.63, 3.8) is 0 Å². The van der Waals surface area contributed by atoms with E-state index in [2.05, 4.69) is 11.9 Å². The number of carbonyl (C=O) groups is 1. The number of nitro groups is 1. The van der Waals surface area contributed by atoms with E-state index in [0.717, 1.165) is 29.5 Å². The lowest BCUT2D eigenvalue weighted by molar-refractivity contribution is -0.385. The van der Waals surface area contributed by atoms with E-state index < -0.39 is 5.97 Å². The highest BCUT2D eigenvalue weighted by Gasteiger charge is 2.22. The summed E-state index contributed by atoms with van der Waals surface area (Å²) in [4.78, 5) is 27.2. The molecule has 0 aliphatic heterocycles. The second-order valence-electron chi connectivity index (χ2n) is 6.79. The van der Waals surface area contributed by atoms with Gasteiger partial charge in [0.05, 0.1) is 15.6 Å². The third-order valence-electron chi connectivity index (χ3n) is 4.72. The molecule has 1 aromatic heterocycles. The molecule has 1 heterocycles. The smallest absolute Gasteiger partial charge is 0.348 e. The summed E-state index contributed by atoms with van der Waals surface area (Å²) in [5, 5.41) is 21.4. The predicted molar refractivity (Wildman–Crippen MR) is 105 cm³/mol. The Morgan fingerprint density at radius 1 is 1.22 bits per heavy atom. The zero-order valence-corrected chi connectivity index (χ0v) is 16.2. The number of nitrogens with zero attached hydrogens (tertiary/aromatic N) is 2. The zero-order valence-electron chi connectivity index (χ0n) is 15.4. The second-order valence-corrected chi connectivity index (χ2v) is 7.88. The standard InChI is InChI=1S/C20H20N2O4S/c1-11-4-6-14(7-5-11)18-19(20(23)24)27-17(21-18)10-15-8-13(3)16(22(25)26)9-12(15)2/h4,6,8-9H,5,7,10H2,1-3H3,(H,23,24). The minimum atomic E-state index is -0.975. The van der Waals surface area contributed by atoms with E-state index in [1.54, 1.807) is 19.1 Å². The quantitative estimate of drug-likeness (QED) is 0.573. The molecule has 0 atom stereocenters. The Labute approximate surface area is 161 Å². The molecule has 0 amide bonds. The van der Waals surface area contributed by atoms with Crippen LogP contribution in [0.15, 0.2) is 29.9 Å². The zero-order chi connectivity index (χ0) is 19.7. The molecule has 0 saturated heterocycles. The maximum absolute atomic E-state index is 11.7. The maximum Gasteiger partial charge on any atom is 0.348 e. The first-order chi connectivity index (χ1) is 12.8. The molecule has 7 heteroatoms. The third kappa shape index (κ3) is 3.98. The van der Waals surface area contributed by atoms with Crippen LogP contribution in [0.25, 0.3) is 5.57 Å². The van der Waals surface area contributed by atoms with Crippen LogP contribution in [0.1, 0.15) is 56.8 Å². The largest absolute Gasteiger partial charge is 0.477 e. The summed E-state index contributed by atoms with van der Waals surface area (Å²) < 4.78 is 0. The molecule has 0 bridgehead atoms. The Hall–Kier alpha value is -2.80. The average Bonchev–Trinajstić information content (AvgIpc) is 3.02. The van der Waals surface area contributed by atoms with Crippen molar-refractivity contribution in [2.24, 2.45) is 0 Å². The van der Waals surface area contributed by atoms with Gasteiger partial charge in [-0.3, -0.25) is 10.1 Å². The summed E-state index contributed by atoms with van der Waals surface area (Å²) in [5.74, 6) is -0.975. The van der Waals surface area contributed by atoms with Crippen LogP contribution in [0.2, 0.25) is 0 Å². The van der Waals surface area contributed by atoms with Gasteiger partial charge in [-0.15, -0.1) is 11.3 Å². The Kier molecular flexibility index (Phi) is 5.23.